The third-order valence-electron chi connectivity index (χ3n) is 3.21. The second kappa shape index (κ2) is 6.27. The predicted molar refractivity (Wildman–Crippen MR) is 79.1 cm³/mol. The van der Waals surface area contributed by atoms with Crippen molar-refractivity contribution in [2.24, 2.45) is 5.73 Å². The first-order valence-corrected chi connectivity index (χ1v) is 6.75. The summed E-state index contributed by atoms with van der Waals surface area (Å²) in [5.74, 6) is -0.189. The molecular formula is C15H21N3O. The molecule has 1 amide bonds. The van der Waals surface area contributed by atoms with Gasteiger partial charge in [-0.05, 0) is 50.5 Å². The number of anilines is 2. The predicted octanol–water partition coefficient (Wildman–Crippen LogP) is 2.48. The summed E-state index contributed by atoms with van der Waals surface area (Å²) in [7, 11) is 0. The fourth-order valence-electron chi connectivity index (χ4n) is 2.29. The summed E-state index contributed by atoms with van der Waals surface area (Å²) in [5, 5.41) is 2.79. The van der Waals surface area contributed by atoms with Crippen LogP contribution in [-0.4, -0.2) is 19.0 Å². The number of allylic oxidation sites excluding steroid dienone is 1. The molecular weight excluding hydrogens is 238 g/mol. The first-order valence-electron chi connectivity index (χ1n) is 6.75. The van der Waals surface area contributed by atoms with Crippen LogP contribution in [0.1, 0.15) is 26.2 Å². The lowest BCUT2D eigenvalue weighted by atomic mass is 10.1. The average Bonchev–Trinajstić information content (AvgIpc) is 2.39. The van der Waals surface area contributed by atoms with Gasteiger partial charge in [-0.25, -0.2) is 0 Å². The number of rotatable bonds is 3. The van der Waals surface area contributed by atoms with Gasteiger partial charge in [0, 0.05) is 36.2 Å². The minimum Gasteiger partial charge on any atom is -0.402 e. The second-order valence-corrected chi connectivity index (χ2v) is 4.97. The van der Waals surface area contributed by atoms with Gasteiger partial charge < -0.3 is 16.0 Å². The van der Waals surface area contributed by atoms with Crippen molar-refractivity contribution < 1.29 is 4.79 Å². The van der Waals surface area contributed by atoms with Crippen molar-refractivity contribution in [3.63, 3.8) is 0 Å². The molecule has 102 valence electrons. The molecule has 1 aliphatic rings. The Balaban J connectivity index is 1.98. The third kappa shape index (κ3) is 4.02. The van der Waals surface area contributed by atoms with Crippen molar-refractivity contribution in [2.45, 2.75) is 26.2 Å². The summed E-state index contributed by atoms with van der Waals surface area (Å²) in [6.45, 7) is 3.95. The van der Waals surface area contributed by atoms with Crippen LogP contribution in [0.2, 0.25) is 0 Å². The van der Waals surface area contributed by atoms with Crippen molar-refractivity contribution in [1.82, 2.24) is 0 Å². The van der Waals surface area contributed by atoms with Gasteiger partial charge in [0.25, 0.3) is 0 Å². The number of hydrogen-bond acceptors (Lipinski definition) is 3. The highest BCUT2D eigenvalue weighted by Gasteiger charge is 2.10. The van der Waals surface area contributed by atoms with Gasteiger partial charge in [0.2, 0.25) is 5.91 Å². The number of nitrogens with one attached hydrogen (secondary N) is 1. The normalized spacial score (nSPS) is 16.3. The molecule has 1 aromatic rings. The lowest BCUT2D eigenvalue weighted by Crippen LogP contribution is -2.29. The van der Waals surface area contributed by atoms with Crippen LogP contribution in [-0.2, 0) is 4.79 Å². The van der Waals surface area contributed by atoms with E-state index in [0.717, 1.165) is 18.8 Å². The number of amides is 1. The molecule has 1 fully saturated rings. The zero-order valence-electron chi connectivity index (χ0n) is 11.4. The molecule has 0 atom stereocenters. The molecule has 0 bridgehead atoms. The zero-order valence-corrected chi connectivity index (χ0v) is 11.4. The monoisotopic (exact) mass is 259 g/mol. The molecule has 4 nitrogen and oxygen atoms in total. The van der Waals surface area contributed by atoms with Crippen molar-refractivity contribution in [1.29, 1.82) is 0 Å². The Morgan fingerprint density at radius 1 is 1.21 bits per heavy atom. The number of benzene rings is 1. The quantitative estimate of drug-likeness (QED) is 0.820. The summed E-state index contributed by atoms with van der Waals surface area (Å²) in [5.41, 5.74) is 7.98. The number of nitrogens with zero attached hydrogens (tertiary/aromatic N) is 1. The van der Waals surface area contributed by atoms with E-state index in [2.05, 4.69) is 22.3 Å². The van der Waals surface area contributed by atoms with E-state index < -0.39 is 0 Å². The summed E-state index contributed by atoms with van der Waals surface area (Å²) < 4.78 is 0. The van der Waals surface area contributed by atoms with Gasteiger partial charge >= 0.3 is 0 Å². The SMILES string of the molecule is C/C(N)=C/C(=O)Nc1ccc(N2CCCCC2)cc1. The van der Waals surface area contributed by atoms with Crippen LogP contribution in [0.3, 0.4) is 0 Å². The molecule has 0 aliphatic carbocycles. The van der Waals surface area contributed by atoms with Crippen LogP contribution in [0.5, 0.6) is 0 Å². The standard InChI is InChI=1S/C15H21N3O/c1-12(16)11-15(19)17-13-5-7-14(8-6-13)18-9-3-2-4-10-18/h5-8,11H,2-4,9-10,16H2,1H3,(H,17,19)/b12-11-. The van der Waals surface area contributed by atoms with Gasteiger partial charge in [0.1, 0.15) is 0 Å². The fraction of sp³-hybridized carbons (Fsp3) is 0.400. The van der Waals surface area contributed by atoms with Gasteiger partial charge in [0.05, 0.1) is 0 Å². The first-order chi connectivity index (χ1) is 9.15. The Hall–Kier alpha value is -1.97. The maximum absolute atomic E-state index is 11.5. The van der Waals surface area contributed by atoms with Crippen molar-refractivity contribution in [3.8, 4) is 0 Å². The van der Waals surface area contributed by atoms with Gasteiger partial charge in [-0.15, -0.1) is 0 Å². The Morgan fingerprint density at radius 2 is 1.84 bits per heavy atom. The van der Waals surface area contributed by atoms with E-state index >= 15 is 0 Å². The van der Waals surface area contributed by atoms with E-state index in [1.807, 2.05) is 12.1 Å². The minimum atomic E-state index is -0.189. The van der Waals surface area contributed by atoms with E-state index in [4.69, 9.17) is 5.73 Å². The highest BCUT2D eigenvalue weighted by atomic mass is 16.1. The van der Waals surface area contributed by atoms with E-state index in [0.29, 0.717) is 5.70 Å². The van der Waals surface area contributed by atoms with Gasteiger partial charge in [0.15, 0.2) is 0 Å². The molecule has 4 heteroatoms. The molecule has 1 saturated heterocycles. The van der Waals surface area contributed by atoms with E-state index in [1.54, 1.807) is 6.92 Å². The molecule has 0 spiro atoms. The number of carbonyl (C=O) groups is 1. The molecule has 0 aromatic heterocycles. The number of carbonyl (C=O) groups excluding carboxylic acids is 1. The molecule has 0 saturated carbocycles. The molecule has 0 radical (unpaired) electrons. The number of piperidine rings is 1. The van der Waals surface area contributed by atoms with Crippen LogP contribution >= 0.6 is 0 Å². The Bertz CT molecular complexity index is 455. The van der Waals surface area contributed by atoms with E-state index in [9.17, 15) is 4.79 Å². The molecule has 1 aliphatic heterocycles. The Kier molecular flexibility index (Phi) is 4.44. The van der Waals surface area contributed by atoms with E-state index in [1.165, 1.54) is 31.0 Å². The molecule has 1 aromatic carbocycles. The summed E-state index contributed by atoms with van der Waals surface area (Å²) in [6.07, 6.45) is 5.24. The summed E-state index contributed by atoms with van der Waals surface area (Å²) in [6, 6.07) is 7.98. The second-order valence-electron chi connectivity index (χ2n) is 4.97. The third-order valence-corrected chi connectivity index (χ3v) is 3.21. The van der Waals surface area contributed by atoms with Crippen molar-refractivity contribution in [2.75, 3.05) is 23.3 Å². The largest absolute Gasteiger partial charge is 0.402 e. The van der Waals surface area contributed by atoms with Crippen molar-refractivity contribution >= 4 is 17.3 Å². The molecule has 2 rings (SSSR count). The maximum Gasteiger partial charge on any atom is 0.250 e. The average molecular weight is 259 g/mol. The number of hydrogen-bond donors (Lipinski definition) is 2. The van der Waals surface area contributed by atoms with Crippen LogP contribution in [0, 0.1) is 0 Å². The zero-order chi connectivity index (χ0) is 13.7. The van der Waals surface area contributed by atoms with Crippen molar-refractivity contribution in [3.05, 3.63) is 36.0 Å². The lowest BCUT2D eigenvalue weighted by molar-refractivity contribution is -0.111. The van der Waals surface area contributed by atoms with Gasteiger partial charge in [-0.3, -0.25) is 4.79 Å². The summed E-state index contributed by atoms with van der Waals surface area (Å²) in [4.78, 5) is 13.9. The van der Waals surface area contributed by atoms with Gasteiger partial charge in [-0.1, -0.05) is 0 Å². The smallest absolute Gasteiger partial charge is 0.250 e. The minimum absolute atomic E-state index is 0.189. The molecule has 1 heterocycles. The lowest BCUT2D eigenvalue weighted by Gasteiger charge is -2.28. The molecule has 19 heavy (non-hydrogen) atoms. The highest BCUT2D eigenvalue weighted by Crippen LogP contribution is 2.21. The maximum atomic E-state index is 11.5. The Morgan fingerprint density at radius 3 is 2.42 bits per heavy atom. The summed E-state index contributed by atoms with van der Waals surface area (Å²) >= 11 is 0. The van der Waals surface area contributed by atoms with E-state index in [-0.39, 0.29) is 5.91 Å². The molecule has 3 N–H and O–H groups in total. The first kappa shape index (κ1) is 13.5. The number of nitrogens with two attached hydrogens (primary N) is 1. The highest BCUT2D eigenvalue weighted by molar-refractivity contribution is 5.99. The Labute approximate surface area is 114 Å². The van der Waals surface area contributed by atoms with Crippen LogP contribution in [0.4, 0.5) is 11.4 Å². The van der Waals surface area contributed by atoms with Crippen LogP contribution in [0.15, 0.2) is 36.0 Å². The fourth-order valence-corrected chi connectivity index (χ4v) is 2.29. The van der Waals surface area contributed by atoms with Crippen LogP contribution < -0.4 is 16.0 Å². The molecule has 0 unspecified atom stereocenters. The van der Waals surface area contributed by atoms with Crippen LogP contribution in [0.25, 0.3) is 0 Å². The van der Waals surface area contributed by atoms with Gasteiger partial charge in [-0.2, -0.15) is 0 Å². The topological polar surface area (TPSA) is 58.4 Å².